The number of rotatable bonds is 8. The van der Waals surface area contributed by atoms with Gasteiger partial charge < -0.3 is 24.4 Å². The lowest BCUT2D eigenvalue weighted by molar-refractivity contribution is -0.921. The number of aromatic hydroxyl groups is 1. The van der Waals surface area contributed by atoms with Gasteiger partial charge in [0.05, 0.1) is 49.9 Å². The Bertz CT molecular complexity index is 1260. The van der Waals surface area contributed by atoms with Crippen LogP contribution in [0.15, 0.2) is 54.9 Å². The van der Waals surface area contributed by atoms with E-state index in [2.05, 4.69) is 17.1 Å². The number of carbonyl (C=O) groups excluding carboxylic acids is 1. The number of carbonyl (C=O) groups is 1. The van der Waals surface area contributed by atoms with Crippen molar-refractivity contribution >= 4 is 11.6 Å². The van der Waals surface area contributed by atoms with Crippen LogP contribution >= 0.6 is 0 Å². The SMILES string of the molecule is CCOc1cc(C[NH+]2CCC3(CC2)CC(=O)N(c2cncc(O)c2)C3)cc(OCC)c1-c1ccc(F)cc1. The van der Waals surface area contributed by atoms with Crippen LogP contribution in [0.2, 0.25) is 0 Å². The molecule has 38 heavy (non-hydrogen) atoms. The van der Waals surface area contributed by atoms with Crippen LogP contribution in [0.3, 0.4) is 0 Å². The number of anilines is 1. The van der Waals surface area contributed by atoms with Gasteiger partial charge in [-0.05, 0) is 43.7 Å². The molecule has 1 spiro atoms. The summed E-state index contributed by atoms with van der Waals surface area (Å²) in [6.07, 6.45) is 5.47. The predicted molar refractivity (Wildman–Crippen MR) is 143 cm³/mol. The van der Waals surface area contributed by atoms with Crippen molar-refractivity contribution < 1.29 is 28.7 Å². The molecule has 200 valence electrons. The second-order valence-corrected chi connectivity index (χ2v) is 10.3. The smallest absolute Gasteiger partial charge is 0.227 e. The topological polar surface area (TPSA) is 76.3 Å². The van der Waals surface area contributed by atoms with Crippen molar-refractivity contribution in [2.45, 2.75) is 39.7 Å². The maximum absolute atomic E-state index is 13.6. The zero-order valence-corrected chi connectivity index (χ0v) is 22.0. The van der Waals surface area contributed by atoms with Crippen molar-refractivity contribution in [2.75, 3.05) is 37.7 Å². The van der Waals surface area contributed by atoms with Crippen LogP contribution < -0.4 is 19.3 Å². The first-order valence-electron chi connectivity index (χ1n) is 13.4. The second-order valence-electron chi connectivity index (χ2n) is 10.3. The number of amides is 1. The van der Waals surface area contributed by atoms with Gasteiger partial charge in [-0.15, -0.1) is 0 Å². The Morgan fingerprint density at radius 2 is 1.68 bits per heavy atom. The number of ether oxygens (including phenoxy) is 2. The molecule has 2 fully saturated rings. The van der Waals surface area contributed by atoms with Crippen molar-refractivity contribution in [3.8, 4) is 28.4 Å². The van der Waals surface area contributed by atoms with Crippen LogP contribution in [-0.2, 0) is 11.3 Å². The minimum Gasteiger partial charge on any atom is -0.506 e. The maximum atomic E-state index is 13.6. The first-order chi connectivity index (χ1) is 18.4. The fourth-order valence-electron chi connectivity index (χ4n) is 5.81. The molecule has 3 aromatic rings. The van der Waals surface area contributed by atoms with Crippen molar-refractivity contribution in [1.82, 2.24) is 4.98 Å². The quantitative estimate of drug-likeness (QED) is 0.470. The Hall–Kier alpha value is -3.65. The third-order valence-electron chi connectivity index (χ3n) is 7.67. The zero-order chi connectivity index (χ0) is 26.7. The first-order valence-corrected chi connectivity index (χ1v) is 13.4. The summed E-state index contributed by atoms with van der Waals surface area (Å²) in [5, 5.41) is 9.80. The van der Waals surface area contributed by atoms with E-state index in [1.54, 1.807) is 29.3 Å². The van der Waals surface area contributed by atoms with Gasteiger partial charge in [0, 0.05) is 42.9 Å². The molecule has 3 heterocycles. The number of halogens is 1. The van der Waals surface area contributed by atoms with Gasteiger partial charge in [-0.3, -0.25) is 9.78 Å². The fourth-order valence-corrected chi connectivity index (χ4v) is 5.81. The number of nitrogens with zero attached hydrogens (tertiary/aromatic N) is 2. The number of likely N-dealkylation sites (tertiary alicyclic amines) is 1. The molecule has 0 unspecified atom stereocenters. The average molecular weight is 521 g/mol. The number of piperidine rings is 1. The summed E-state index contributed by atoms with van der Waals surface area (Å²) < 4.78 is 25.7. The summed E-state index contributed by atoms with van der Waals surface area (Å²) in [4.78, 5) is 20.1. The summed E-state index contributed by atoms with van der Waals surface area (Å²) in [5.74, 6) is 1.37. The molecule has 1 aromatic heterocycles. The van der Waals surface area contributed by atoms with E-state index in [0.29, 0.717) is 31.9 Å². The van der Waals surface area contributed by atoms with E-state index in [-0.39, 0.29) is 22.9 Å². The highest BCUT2D eigenvalue weighted by molar-refractivity contribution is 5.96. The lowest BCUT2D eigenvalue weighted by Gasteiger charge is -2.36. The molecule has 0 radical (unpaired) electrons. The maximum Gasteiger partial charge on any atom is 0.227 e. The highest BCUT2D eigenvalue weighted by Gasteiger charge is 2.46. The van der Waals surface area contributed by atoms with Gasteiger partial charge in [0.1, 0.15) is 29.6 Å². The van der Waals surface area contributed by atoms with E-state index in [1.165, 1.54) is 23.2 Å². The summed E-state index contributed by atoms with van der Waals surface area (Å²) in [6, 6.07) is 12.2. The minimum absolute atomic E-state index is 0.0363. The van der Waals surface area contributed by atoms with E-state index in [0.717, 1.165) is 60.7 Å². The lowest BCUT2D eigenvalue weighted by atomic mass is 9.77. The number of nitrogens with one attached hydrogen (secondary N) is 1. The van der Waals surface area contributed by atoms with Crippen LogP contribution in [0.5, 0.6) is 17.2 Å². The van der Waals surface area contributed by atoms with Gasteiger partial charge in [-0.1, -0.05) is 12.1 Å². The molecular formula is C30H35FN3O4+. The van der Waals surface area contributed by atoms with E-state index < -0.39 is 0 Å². The molecule has 5 rings (SSSR count). The van der Waals surface area contributed by atoms with Crippen LogP contribution in [0.25, 0.3) is 11.1 Å². The van der Waals surface area contributed by atoms with Crippen LogP contribution in [0.4, 0.5) is 10.1 Å². The average Bonchev–Trinajstić information content (AvgIpc) is 3.22. The predicted octanol–water partition coefficient (Wildman–Crippen LogP) is 3.99. The van der Waals surface area contributed by atoms with Crippen molar-refractivity contribution in [3.05, 3.63) is 66.2 Å². The summed E-state index contributed by atoms with van der Waals surface area (Å²) >= 11 is 0. The first kappa shape index (κ1) is 26.0. The van der Waals surface area contributed by atoms with Crippen LogP contribution in [0.1, 0.15) is 38.7 Å². The largest absolute Gasteiger partial charge is 0.506 e. The summed E-state index contributed by atoms with van der Waals surface area (Å²) in [5.41, 5.74) is 3.45. The summed E-state index contributed by atoms with van der Waals surface area (Å²) in [7, 11) is 0. The molecule has 2 aliphatic heterocycles. The number of benzene rings is 2. The lowest BCUT2D eigenvalue weighted by Crippen LogP contribution is -3.12. The third kappa shape index (κ3) is 5.45. The molecule has 8 heteroatoms. The number of hydrogen-bond donors (Lipinski definition) is 2. The molecule has 0 atom stereocenters. The van der Waals surface area contributed by atoms with Gasteiger partial charge in [0.2, 0.25) is 5.91 Å². The number of aromatic nitrogens is 1. The van der Waals surface area contributed by atoms with Gasteiger partial charge >= 0.3 is 0 Å². The minimum atomic E-state index is -0.279. The normalized spacial score (nSPS) is 21.2. The fraction of sp³-hybridized carbons (Fsp3) is 0.400. The number of hydrogen-bond acceptors (Lipinski definition) is 5. The Labute approximate surface area is 222 Å². The van der Waals surface area contributed by atoms with Crippen LogP contribution in [-0.4, -0.2) is 48.8 Å². The molecule has 0 aliphatic carbocycles. The molecule has 1 amide bonds. The van der Waals surface area contributed by atoms with Gasteiger partial charge in [0.15, 0.2) is 0 Å². The molecule has 0 bridgehead atoms. The van der Waals surface area contributed by atoms with Gasteiger partial charge in [-0.25, -0.2) is 4.39 Å². The highest BCUT2D eigenvalue weighted by atomic mass is 19.1. The Morgan fingerprint density at radius 3 is 2.29 bits per heavy atom. The molecule has 2 aliphatic rings. The van der Waals surface area contributed by atoms with E-state index in [1.807, 2.05) is 13.8 Å². The van der Waals surface area contributed by atoms with Crippen molar-refractivity contribution in [2.24, 2.45) is 5.41 Å². The molecule has 2 saturated heterocycles. The van der Waals surface area contributed by atoms with Gasteiger partial charge in [-0.2, -0.15) is 0 Å². The van der Waals surface area contributed by atoms with Gasteiger partial charge in [0.25, 0.3) is 0 Å². The zero-order valence-electron chi connectivity index (χ0n) is 22.0. The monoisotopic (exact) mass is 520 g/mol. The second kappa shape index (κ2) is 11.0. The van der Waals surface area contributed by atoms with Crippen LogP contribution in [0, 0.1) is 11.2 Å². The molecule has 2 N–H and O–H groups in total. The number of pyridine rings is 1. The molecular weight excluding hydrogens is 485 g/mol. The molecule has 0 saturated carbocycles. The van der Waals surface area contributed by atoms with E-state index >= 15 is 0 Å². The molecule has 7 nitrogen and oxygen atoms in total. The van der Waals surface area contributed by atoms with Crippen molar-refractivity contribution in [1.29, 1.82) is 0 Å². The molecule has 2 aromatic carbocycles. The summed E-state index contributed by atoms with van der Waals surface area (Å²) in [6.45, 7) is 8.36. The standard InChI is InChI=1S/C30H34FN3O4/c1-3-37-26-13-21(14-27(38-4-2)29(26)22-5-7-23(31)8-6-22)19-33-11-9-30(10-12-33)16-28(36)34(20-30)24-15-25(35)18-32-17-24/h5-8,13-15,17-18,35H,3-4,9-12,16,19-20H2,1-2H3/p+1. The number of quaternary nitrogens is 1. The Kier molecular flexibility index (Phi) is 7.51. The van der Waals surface area contributed by atoms with Crippen molar-refractivity contribution in [3.63, 3.8) is 0 Å². The third-order valence-corrected chi connectivity index (χ3v) is 7.67. The van der Waals surface area contributed by atoms with E-state index in [4.69, 9.17) is 9.47 Å². The highest BCUT2D eigenvalue weighted by Crippen LogP contribution is 2.42. The van der Waals surface area contributed by atoms with E-state index in [9.17, 15) is 14.3 Å². The Balaban J connectivity index is 1.31. The Morgan fingerprint density at radius 1 is 1.03 bits per heavy atom.